The molecule has 2 heterocycles. The first-order chi connectivity index (χ1) is 14.9. The maximum atomic E-state index is 13.8. The van der Waals surface area contributed by atoms with Gasteiger partial charge in [0.25, 0.3) is 5.91 Å². The van der Waals surface area contributed by atoms with Gasteiger partial charge in [-0.2, -0.15) is 0 Å². The second-order valence-electron chi connectivity index (χ2n) is 7.01. The second-order valence-corrected chi connectivity index (χ2v) is 7.01. The van der Waals surface area contributed by atoms with Gasteiger partial charge < -0.3 is 14.8 Å². The number of benzene rings is 2. The number of halogens is 1. The quantitative estimate of drug-likeness (QED) is 0.504. The number of rotatable bonds is 6. The molecule has 0 bridgehead atoms. The summed E-state index contributed by atoms with van der Waals surface area (Å²) >= 11 is 0. The highest BCUT2D eigenvalue weighted by Gasteiger charge is 2.18. The van der Waals surface area contributed by atoms with Crippen molar-refractivity contribution in [1.82, 2.24) is 14.6 Å². The van der Waals surface area contributed by atoms with Gasteiger partial charge in [0.15, 0.2) is 23.3 Å². The predicted molar refractivity (Wildman–Crippen MR) is 115 cm³/mol. The molecule has 158 valence electrons. The van der Waals surface area contributed by atoms with Gasteiger partial charge in [-0.15, -0.1) is 5.10 Å². The number of aromatic nitrogens is 3. The Morgan fingerprint density at radius 3 is 2.74 bits per heavy atom. The molecule has 2 aromatic carbocycles. The van der Waals surface area contributed by atoms with Gasteiger partial charge >= 0.3 is 0 Å². The van der Waals surface area contributed by atoms with E-state index in [9.17, 15) is 9.18 Å². The van der Waals surface area contributed by atoms with Crippen molar-refractivity contribution in [2.24, 2.45) is 0 Å². The fraction of sp³-hybridized carbons (Fsp3) is 0.174. The number of para-hydroxylation sites is 1. The first kappa shape index (κ1) is 20.3. The van der Waals surface area contributed by atoms with E-state index in [0.29, 0.717) is 22.9 Å². The summed E-state index contributed by atoms with van der Waals surface area (Å²) in [7, 11) is 1.55. The summed E-state index contributed by atoms with van der Waals surface area (Å²) in [4.78, 5) is 17.2. The van der Waals surface area contributed by atoms with E-state index >= 15 is 0 Å². The monoisotopic (exact) mass is 420 g/mol. The maximum Gasteiger partial charge on any atom is 0.265 e. The van der Waals surface area contributed by atoms with E-state index in [1.807, 2.05) is 31.2 Å². The third-order valence-corrected chi connectivity index (χ3v) is 4.81. The van der Waals surface area contributed by atoms with Crippen LogP contribution in [0.3, 0.4) is 0 Å². The van der Waals surface area contributed by atoms with E-state index in [2.05, 4.69) is 15.4 Å². The van der Waals surface area contributed by atoms with Gasteiger partial charge in [-0.05, 0) is 43.7 Å². The van der Waals surface area contributed by atoms with E-state index in [1.54, 1.807) is 42.9 Å². The van der Waals surface area contributed by atoms with Gasteiger partial charge in [0.05, 0.1) is 19.0 Å². The Bertz CT molecular complexity index is 1250. The van der Waals surface area contributed by atoms with Crippen molar-refractivity contribution in [3.63, 3.8) is 0 Å². The lowest BCUT2D eigenvalue weighted by Crippen LogP contribution is -2.30. The van der Waals surface area contributed by atoms with E-state index in [-0.39, 0.29) is 11.7 Å². The first-order valence-corrected chi connectivity index (χ1v) is 9.68. The van der Waals surface area contributed by atoms with Gasteiger partial charge in [-0.3, -0.25) is 4.79 Å². The van der Waals surface area contributed by atoms with Gasteiger partial charge in [-0.1, -0.05) is 24.3 Å². The number of ether oxygens (including phenoxy) is 2. The van der Waals surface area contributed by atoms with Crippen LogP contribution in [0.5, 0.6) is 11.6 Å². The molecule has 0 aliphatic heterocycles. The Hall–Kier alpha value is -3.94. The number of methoxy groups -OCH3 is 1. The molecule has 0 saturated carbocycles. The van der Waals surface area contributed by atoms with E-state index in [1.165, 1.54) is 12.1 Å². The van der Waals surface area contributed by atoms with Crippen molar-refractivity contribution in [3.8, 4) is 22.9 Å². The van der Waals surface area contributed by atoms with Gasteiger partial charge in [0.2, 0.25) is 5.88 Å². The number of fused-ring (bicyclic) bond motifs is 1. The highest BCUT2D eigenvalue weighted by atomic mass is 19.1. The molecule has 1 atom stereocenters. The van der Waals surface area contributed by atoms with E-state index in [4.69, 9.17) is 9.47 Å². The zero-order valence-electron chi connectivity index (χ0n) is 17.3. The van der Waals surface area contributed by atoms with Crippen LogP contribution in [0.1, 0.15) is 12.5 Å². The average molecular weight is 420 g/mol. The molecule has 0 fully saturated rings. The summed E-state index contributed by atoms with van der Waals surface area (Å²) in [6.45, 7) is 3.46. The minimum atomic E-state index is -0.883. The Labute approximate surface area is 178 Å². The predicted octanol–water partition coefficient (Wildman–Crippen LogP) is 4.26. The normalized spacial score (nSPS) is 11.9. The van der Waals surface area contributed by atoms with Crippen molar-refractivity contribution >= 4 is 17.2 Å². The molecule has 31 heavy (non-hydrogen) atoms. The van der Waals surface area contributed by atoms with Gasteiger partial charge in [-0.25, -0.2) is 13.9 Å². The van der Waals surface area contributed by atoms with Crippen molar-refractivity contribution in [1.29, 1.82) is 0 Å². The minimum absolute atomic E-state index is 0.0308. The number of hydrogen-bond donors (Lipinski definition) is 1. The number of nitrogens with one attached hydrogen (secondary N) is 1. The summed E-state index contributed by atoms with van der Waals surface area (Å²) in [6, 6.07) is 15.2. The van der Waals surface area contributed by atoms with Crippen LogP contribution in [0.4, 0.5) is 10.1 Å². The van der Waals surface area contributed by atoms with Crippen molar-refractivity contribution in [3.05, 3.63) is 72.2 Å². The zero-order chi connectivity index (χ0) is 22.0. The lowest BCUT2D eigenvalue weighted by atomic mass is 10.1. The molecular formula is C23H21FN4O3. The van der Waals surface area contributed by atoms with Crippen molar-refractivity contribution in [2.45, 2.75) is 20.0 Å². The average Bonchev–Trinajstić information content (AvgIpc) is 3.20. The van der Waals surface area contributed by atoms with Crippen molar-refractivity contribution < 1.29 is 18.7 Å². The topological polar surface area (TPSA) is 77.8 Å². The number of carbonyl (C=O) groups is 1. The molecule has 0 radical (unpaired) electrons. The maximum absolute atomic E-state index is 13.8. The molecule has 8 heteroatoms. The standard InChI is InChI=1S/C23H21FN4O3/c1-14-8-9-16(19-13-28-21(25-19)10-11-22(27-28)30-3)12-18(14)26-23(29)15(2)31-20-7-5-4-6-17(20)24/h4-13,15H,1-3H3,(H,26,29)/t15-/m0/s1. The highest BCUT2D eigenvalue weighted by molar-refractivity contribution is 5.95. The molecule has 7 nitrogen and oxygen atoms in total. The summed E-state index contributed by atoms with van der Waals surface area (Å²) in [5.41, 5.74) is 3.68. The van der Waals surface area contributed by atoms with E-state index in [0.717, 1.165) is 11.1 Å². The molecule has 0 aliphatic carbocycles. The number of aryl methyl sites for hydroxylation is 1. The highest BCUT2D eigenvalue weighted by Crippen LogP contribution is 2.26. The summed E-state index contributed by atoms with van der Waals surface area (Å²) in [5, 5.41) is 7.17. The van der Waals surface area contributed by atoms with Crippen LogP contribution in [0.15, 0.2) is 60.8 Å². The van der Waals surface area contributed by atoms with Crippen LogP contribution in [-0.2, 0) is 4.79 Å². The van der Waals surface area contributed by atoms with Gasteiger partial charge in [0, 0.05) is 17.3 Å². The SMILES string of the molecule is COc1ccc2nc(-c3ccc(C)c(NC(=O)[C@H](C)Oc4ccccc4F)c3)cn2n1. The molecule has 0 saturated heterocycles. The summed E-state index contributed by atoms with van der Waals surface area (Å²) < 4.78 is 26.1. The number of nitrogens with zero attached hydrogens (tertiary/aromatic N) is 3. The fourth-order valence-electron chi connectivity index (χ4n) is 3.05. The molecule has 4 rings (SSSR count). The second kappa shape index (κ2) is 8.43. The van der Waals surface area contributed by atoms with Crippen LogP contribution >= 0.6 is 0 Å². The molecule has 0 spiro atoms. The summed E-state index contributed by atoms with van der Waals surface area (Å²) in [5.74, 6) is -0.386. The Morgan fingerprint density at radius 2 is 1.97 bits per heavy atom. The van der Waals surface area contributed by atoms with Crippen molar-refractivity contribution in [2.75, 3.05) is 12.4 Å². The molecule has 0 unspecified atom stereocenters. The van der Waals surface area contributed by atoms with Gasteiger partial charge in [0.1, 0.15) is 0 Å². The zero-order valence-corrected chi connectivity index (χ0v) is 17.3. The van der Waals surface area contributed by atoms with Crippen LogP contribution in [0.25, 0.3) is 16.9 Å². The Kier molecular flexibility index (Phi) is 5.53. The first-order valence-electron chi connectivity index (χ1n) is 9.68. The van der Waals surface area contributed by atoms with Crippen LogP contribution < -0.4 is 14.8 Å². The number of amides is 1. The van der Waals surface area contributed by atoms with E-state index < -0.39 is 11.9 Å². The molecule has 0 aliphatic rings. The smallest absolute Gasteiger partial charge is 0.265 e. The summed E-state index contributed by atoms with van der Waals surface area (Å²) in [6.07, 6.45) is 0.907. The van der Waals surface area contributed by atoms with Crippen LogP contribution in [0.2, 0.25) is 0 Å². The third kappa shape index (κ3) is 4.32. The molecule has 2 aromatic heterocycles. The van der Waals surface area contributed by atoms with Crippen LogP contribution in [-0.4, -0.2) is 33.7 Å². The number of carbonyl (C=O) groups excluding carboxylic acids is 1. The Balaban J connectivity index is 1.55. The molecular weight excluding hydrogens is 399 g/mol. The lowest BCUT2D eigenvalue weighted by Gasteiger charge is -2.16. The van der Waals surface area contributed by atoms with Crippen LogP contribution in [0, 0.1) is 12.7 Å². The molecule has 1 N–H and O–H groups in total. The molecule has 4 aromatic rings. The fourth-order valence-corrected chi connectivity index (χ4v) is 3.05. The Morgan fingerprint density at radius 1 is 1.16 bits per heavy atom. The largest absolute Gasteiger partial charge is 0.480 e. The lowest BCUT2D eigenvalue weighted by molar-refractivity contribution is -0.122. The number of hydrogen-bond acceptors (Lipinski definition) is 5. The number of imidazole rings is 1. The molecule has 1 amide bonds. The third-order valence-electron chi connectivity index (χ3n) is 4.81. The number of anilines is 1. The minimum Gasteiger partial charge on any atom is -0.480 e.